The van der Waals surface area contributed by atoms with E-state index in [1.165, 1.54) is 0 Å². The van der Waals surface area contributed by atoms with Crippen LogP contribution >= 0.6 is 0 Å². The quantitative estimate of drug-likeness (QED) is 0.131. The molecule has 0 spiro atoms. The molecule has 8 nitrogen and oxygen atoms in total. The minimum absolute atomic E-state index is 0.118. The Balaban J connectivity index is 1.90. The maximum atomic E-state index is 14.0. The summed E-state index contributed by atoms with van der Waals surface area (Å²) >= 11 is 0. The number of terminal acetylenes is 1. The van der Waals surface area contributed by atoms with Crippen molar-refractivity contribution in [2.45, 2.75) is 71.9 Å². The molecule has 2 atom stereocenters. The molecule has 0 aliphatic rings. The number of nitrogens with one attached hydrogen (secondary N) is 2. The third-order valence-corrected chi connectivity index (χ3v) is 7.71. The van der Waals surface area contributed by atoms with Crippen LogP contribution in [0.25, 0.3) is 0 Å². The van der Waals surface area contributed by atoms with Crippen molar-refractivity contribution in [2.24, 2.45) is 0 Å². The topological polar surface area (TPSA) is 91.0 Å². The van der Waals surface area contributed by atoms with Crippen molar-refractivity contribution in [3.63, 3.8) is 0 Å². The Labute approximate surface area is 280 Å². The minimum atomic E-state index is -0.464. The molecule has 0 heterocycles. The van der Waals surface area contributed by atoms with Gasteiger partial charge in [-0.25, -0.2) is 5.01 Å². The summed E-state index contributed by atoms with van der Waals surface area (Å²) < 4.78 is 6.28. The molecule has 250 valence electrons. The van der Waals surface area contributed by atoms with E-state index in [4.69, 9.17) is 11.2 Å². The number of benzene rings is 3. The van der Waals surface area contributed by atoms with Crippen LogP contribution in [0.15, 0.2) is 78.9 Å². The number of hydrogen-bond donors (Lipinski definition) is 2. The summed E-state index contributed by atoms with van der Waals surface area (Å²) in [4.78, 5) is 42.3. The molecule has 3 aromatic carbocycles. The summed E-state index contributed by atoms with van der Waals surface area (Å²) in [6.45, 7) is 10.7. The molecule has 0 radical (unpaired) electrons. The highest BCUT2D eigenvalue weighted by Crippen LogP contribution is 2.16. The lowest BCUT2D eigenvalue weighted by atomic mass is 9.99. The molecule has 0 aliphatic heterocycles. The first-order valence-electron chi connectivity index (χ1n) is 16.8. The van der Waals surface area contributed by atoms with Gasteiger partial charge in [-0.05, 0) is 61.9 Å². The number of hydrazine groups is 1. The van der Waals surface area contributed by atoms with E-state index in [0.29, 0.717) is 55.9 Å². The molecule has 0 bridgehead atoms. The van der Waals surface area contributed by atoms with E-state index in [1.807, 2.05) is 86.4 Å². The Bertz CT molecular complexity index is 1450. The van der Waals surface area contributed by atoms with Gasteiger partial charge in [0.25, 0.3) is 11.8 Å². The van der Waals surface area contributed by atoms with Crippen molar-refractivity contribution < 1.29 is 19.1 Å². The third-order valence-electron chi connectivity index (χ3n) is 7.71. The van der Waals surface area contributed by atoms with Crippen LogP contribution in [-0.4, -0.2) is 72.6 Å². The normalized spacial score (nSPS) is 12.2. The van der Waals surface area contributed by atoms with Gasteiger partial charge in [0, 0.05) is 49.5 Å². The molecule has 0 fully saturated rings. The maximum absolute atomic E-state index is 14.0. The van der Waals surface area contributed by atoms with Gasteiger partial charge in [0.2, 0.25) is 5.91 Å². The number of carbonyl (C=O) groups is 3. The molecule has 0 saturated carbocycles. The molecule has 0 aromatic heterocycles. The van der Waals surface area contributed by atoms with Crippen LogP contribution in [-0.2, 0) is 22.4 Å². The van der Waals surface area contributed by atoms with Gasteiger partial charge < -0.3 is 15.0 Å². The molecular weight excluding hydrogens is 588 g/mol. The molecule has 2 unspecified atom stereocenters. The first-order valence-corrected chi connectivity index (χ1v) is 16.8. The van der Waals surface area contributed by atoms with E-state index in [0.717, 1.165) is 30.4 Å². The zero-order valence-electron chi connectivity index (χ0n) is 28.3. The fraction of sp³-hybridized carbons (Fsp3) is 0.410. The standard InChI is InChI=1S/C39H50N4O4/c1-6-21-42(22-7-2)39(46)34-25-30(9-4)24-33(28-34)38(45)40-35(26-31-17-13-11-14-18-31)36(47-10-5)29-43(23-8-3)41-37(44)27-32-19-15-12-16-20-32/h4,11-20,24-25,28,35-36H,6-8,10,21-23,26-27,29H2,1-3,5H3,(H,40,45)(H,41,44). The van der Waals surface area contributed by atoms with Gasteiger partial charge in [0.1, 0.15) is 0 Å². The lowest BCUT2D eigenvalue weighted by molar-refractivity contribution is -0.126. The number of amides is 3. The van der Waals surface area contributed by atoms with Gasteiger partial charge in [-0.15, -0.1) is 6.42 Å². The number of ether oxygens (including phenoxy) is 1. The Hall–Kier alpha value is -4.45. The first kappa shape index (κ1) is 37.0. The maximum Gasteiger partial charge on any atom is 0.253 e. The Morgan fingerprint density at radius 1 is 0.809 bits per heavy atom. The zero-order chi connectivity index (χ0) is 34.0. The number of hydrogen-bond acceptors (Lipinski definition) is 5. The molecular formula is C39H50N4O4. The van der Waals surface area contributed by atoms with Crippen molar-refractivity contribution in [1.29, 1.82) is 0 Å². The van der Waals surface area contributed by atoms with Crippen molar-refractivity contribution in [3.8, 4) is 12.3 Å². The predicted octanol–water partition coefficient (Wildman–Crippen LogP) is 5.66. The highest BCUT2D eigenvalue weighted by Gasteiger charge is 2.28. The first-order chi connectivity index (χ1) is 22.8. The summed E-state index contributed by atoms with van der Waals surface area (Å²) in [5.74, 6) is 2.00. The van der Waals surface area contributed by atoms with E-state index < -0.39 is 12.1 Å². The summed E-state index contributed by atoms with van der Waals surface area (Å²) in [6, 6.07) is 24.0. The highest BCUT2D eigenvalue weighted by molar-refractivity contribution is 6.00. The second-order valence-corrected chi connectivity index (χ2v) is 11.6. The molecule has 47 heavy (non-hydrogen) atoms. The van der Waals surface area contributed by atoms with Crippen LogP contribution in [0.2, 0.25) is 0 Å². The van der Waals surface area contributed by atoms with Gasteiger partial charge in [-0.2, -0.15) is 0 Å². The molecule has 0 saturated heterocycles. The minimum Gasteiger partial charge on any atom is -0.375 e. The monoisotopic (exact) mass is 638 g/mol. The molecule has 3 amide bonds. The lowest BCUT2D eigenvalue weighted by Gasteiger charge is -2.33. The average molecular weight is 639 g/mol. The van der Waals surface area contributed by atoms with Gasteiger partial charge in [-0.1, -0.05) is 87.4 Å². The van der Waals surface area contributed by atoms with Gasteiger partial charge in [0.05, 0.1) is 18.6 Å². The van der Waals surface area contributed by atoms with Crippen LogP contribution in [0.3, 0.4) is 0 Å². The second-order valence-electron chi connectivity index (χ2n) is 11.6. The van der Waals surface area contributed by atoms with E-state index in [1.54, 1.807) is 23.1 Å². The Kier molecular flexibility index (Phi) is 15.7. The van der Waals surface area contributed by atoms with Crippen LogP contribution in [0.5, 0.6) is 0 Å². The molecule has 2 N–H and O–H groups in total. The summed E-state index contributed by atoms with van der Waals surface area (Å²) in [5, 5.41) is 5.08. The van der Waals surface area contributed by atoms with E-state index in [9.17, 15) is 14.4 Å². The van der Waals surface area contributed by atoms with Crippen LogP contribution in [0.4, 0.5) is 0 Å². The van der Waals surface area contributed by atoms with Crippen LogP contribution in [0, 0.1) is 12.3 Å². The largest absolute Gasteiger partial charge is 0.375 e. The van der Waals surface area contributed by atoms with Crippen molar-refractivity contribution >= 4 is 17.7 Å². The third kappa shape index (κ3) is 12.0. The number of carbonyl (C=O) groups excluding carboxylic acids is 3. The van der Waals surface area contributed by atoms with E-state index in [-0.39, 0.29) is 24.1 Å². The average Bonchev–Trinajstić information content (AvgIpc) is 3.08. The number of nitrogens with zero attached hydrogens (tertiary/aromatic N) is 2. The smallest absolute Gasteiger partial charge is 0.253 e. The fourth-order valence-electron chi connectivity index (χ4n) is 5.59. The highest BCUT2D eigenvalue weighted by atomic mass is 16.5. The summed E-state index contributed by atoms with van der Waals surface area (Å²) in [6.07, 6.45) is 8.53. The van der Waals surface area contributed by atoms with Crippen molar-refractivity contribution in [2.75, 3.05) is 32.8 Å². The summed E-state index contributed by atoms with van der Waals surface area (Å²) in [7, 11) is 0. The van der Waals surface area contributed by atoms with E-state index in [2.05, 4.69) is 23.6 Å². The van der Waals surface area contributed by atoms with Gasteiger partial charge in [0.15, 0.2) is 0 Å². The Morgan fingerprint density at radius 2 is 1.40 bits per heavy atom. The van der Waals surface area contributed by atoms with Gasteiger partial charge >= 0.3 is 0 Å². The van der Waals surface area contributed by atoms with E-state index >= 15 is 0 Å². The summed E-state index contributed by atoms with van der Waals surface area (Å²) in [5.41, 5.74) is 6.19. The van der Waals surface area contributed by atoms with Crippen molar-refractivity contribution in [1.82, 2.24) is 20.7 Å². The SMILES string of the molecule is C#Cc1cc(C(=O)NC(Cc2ccccc2)C(CN(CCC)NC(=O)Cc2ccccc2)OCC)cc(C(=O)N(CCC)CCC)c1. The molecule has 0 aliphatic carbocycles. The second kappa shape index (κ2) is 19.9. The number of rotatable bonds is 19. The zero-order valence-corrected chi connectivity index (χ0v) is 28.3. The molecule has 3 rings (SSSR count). The lowest BCUT2D eigenvalue weighted by Crippen LogP contribution is -2.54. The predicted molar refractivity (Wildman–Crippen MR) is 188 cm³/mol. The van der Waals surface area contributed by atoms with Crippen LogP contribution < -0.4 is 10.7 Å². The molecule has 8 heteroatoms. The fourth-order valence-corrected chi connectivity index (χ4v) is 5.59. The Morgan fingerprint density at radius 3 is 1.98 bits per heavy atom. The van der Waals surface area contributed by atoms with Crippen LogP contribution in [0.1, 0.15) is 84.4 Å². The molecule has 3 aromatic rings. The van der Waals surface area contributed by atoms with Crippen molar-refractivity contribution in [3.05, 3.63) is 107 Å². The van der Waals surface area contributed by atoms with Gasteiger partial charge in [-0.3, -0.25) is 19.8 Å².